The van der Waals surface area contributed by atoms with Crippen molar-refractivity contribution in [1.29, 1.82) is 0 Å². The zero-order chi connectivity index (χ0) is 18.9. The zero-order valence-corrected chi connectivity index (χ0v) is 16.0. The summed E-state index contributed by atoms with van der Waals surface area (Å²) in [6.45, 7) is 8.99. The molecule has 0 aliphatic carbocycles. The van der Waals surface area contributed by atoms with Gasteiger partial charge in [0.05, 0.1) is 23.4 Å². The third kappa shape index (κ3) is 3.59. The number of amides is 2. The number of hydrogen-bond donors (Lipinski definition) is 1. The van der Waals surface area contributed by atoms with E-state index in [2.05, 4.69) is 22.2 Å². The van der Waals surface area contributed by atoms with E-state index in [4.69, 9.17) is 4.74 Å². The Morgan fingerprint density at radius 3 is 2.73 bits per heavy atom. The van der Waals surface area contributed by atoms with Crippen molar-refractivity contribution in [1.82, 2.24) is 14.8 Å². The molecule has 0 unspecified atom stereocenters. The first-order valence-electron chi connectivity index (χ1n) is 9.07. The van der Waals surface area contributed by atoms with Crippen molar-refractivity contribution in [2.45, 2.75) is 32.7 Å². The standard InChI is InChI=1S/C19H28N4O3/c1-18(2,3)17(25)21-15-5-7-20-11-14(15)16(24)23-9-8-22(4)19(12-23)6-10-26-13-19/h5,7,11H,6,8-10,12-13H2,1-4H3,(H,20,21,25)/t19-/m1/s1. The Balaban J connectivity index is 1.81. The highest BCUT2D eigenvalue weighted by Crippen LogP contribution is 2.30. The van der Waals surface area contributed by atoms with Gasteiger partial charge in [-0.1, -0.05) is 20.8 Å². The summed E-state index contributed by atoms with van der Waals surface area (Å²) in [5.41, 5.74) is 0.303. The van der Waals surface area contributed by atoms with E-state index in [1.807, 2.05) is 25.7 Å². The highest BCUT2D eigenvalue weighted by atomic mass is 16.5. The molecule has 1 aromatic rings. The fourth-order valence-electron chi connectivity index (χ4n) is 3.41. The molecule has 3 heterocycles. The maximum Gasteiger partial charge on any atom is 0.257 e. The SMILES string of the molecule is CN1CCN(C(=O)c2cnccc2NC(=O)C(C)(C)C)C[C@@]12CCOC2. The number of carbonyl (C=O) groups excluding carboxylic acids is 2. The van der Waals surface area contributed by atoms with E-state index in [1.165, 1.54) is 6.20 Å². The summed E-state index contributed by atoms with van der Waals surface area (Å²) < 4.78 is 5.61. The number of rotatable bonds is 2. The van der Waals surface area contributed by atoms with Crippen molar-refractivity contribution >= 4 is 17.5 Å². The summed E-state index contributed by atoms with van der Waals surface area (Å²) in [6.07, 6.45) is 4.05. The van der Waals surface area contributed by atoms with Gasteiger partial charge in [0.25, 0.3) is 5.91 Å². The average molecular weight is 360 g/mol. The normalized spacial score (nSPS) is 24.1. The molecule has 2 saturated heterocycles. The first-order chi connectivity index (χ1) is 12.2. The molecule has 7 heteroatoms. The van der Waals surface area contributed by atoms with Crippen LogP contribution in [0, 0.1) is 5.41 Å². The molecule has 26 heavy (non-hydrogen) atoms. The van der Waals surface area contributed by atoms with Crippen molar-refractivity contribution in [3.8, 4) is 0 Å². The van der Waals surface area contributed by atoms with E-state index in [9.17, 15) is 9.59 Å². The first-order valence-corrected chi connectivity index (χ1v) is 9.07. The molecule has 2 aliphatic rings. The number of likely N-dealkylation sites (N-methyl/N-ethyl adjacent to an activating group) is 1. The van der Waals surface area contributed by atoms with Crippen LogP contribution in [0.3, 0.4) is 0 Å². The molecule has 1 aromatic heterocycles. The zero-order valence-electron chi connectivity index (χ0n) is 16.0. The van der Waals surface area contributed by atoms with E-state index in [0.29, 0.717) is 30.9 Å². The summed E-state index contributed by atoms with van der Waals surface area (Å²) >= 11 is 0. The Hall–Kier alpha value is -1.99. The Bertz CT molecular complexity index is 692. The quantitative estimate of drug-likeness (QED) is 0.867. The lowest BCUT2D eigenvalue weighted by Crippen LogP contribution is -2.62. The number of anilines is 1. The van der Waals surface area contributed by atoms with Crippen molar-refractivity contribution in [3.63, 3.8) is 0 Å². The van der Waals surface area contributed by atoms with Crippen LogP contribution in [-0.4, -0.2) is 72.0 Å². The van der Waals surface area contributed by atoms with Gasteiger partial charge < -0.3 is 15.0 Å². The van der Waals surface area contributed by atoms with Crippen molar-refractivity contribution in [2.24, 2.45) is 5.41 Å². The predicted molar refractivity (Wildman–Crippen MR) is 99.0 cm³/mol. The van der Waals surface area contributed by atoms with Gasteiger partial charge in [-0.15, -0.1) is 0 Å². The molecule has 3 rings (SSSR count). The van der Waals surface area contributed by atoms with E-state index < -0.39 is 5.41 Å². The topological polar surface area (TPSA) is 74.8 Å². The molecule has 7 nitrogen and oxygen atoms in total. The summed E-state index contributed by atoms with van der Waals surface area (Å²) in [6, 6.07) is 1.68. The van der Waals surface area contributed by atoms with Crippen LogP contribution in [0.1, 0.15) is 37.6 Å². The predicted octanol–water partition coefficient (Wildman–Crippen LogP) is 1.61. The minimum Gasteiger partial charge on any atom is -0.379 e. The molecule has 1 spiro atoms. The smallest absolute Gasteiger partial charge is 0.257 e. The molecule has 2 amide bonds. The molecule has 142 valence electrons. The van der Waals surface area contributed by atoms with Crippen molar-refractivity contribution in [2.75, 3.05) is 45.2 Å². The number of pyridine rings is 1. The summed E-state index contributed by atoms with van der Waals surface area (Å²) in [7, 11) is 2.09. The van der Waals surface area contributed by atoms with Gasteiger partial charge in [-0.05, 0) is 19.5 Å². The monoisotopic (exact) mass is 360 g/mol. The Morgan fingerprint density at radius 2 is 2.08 bits per heavy atom. The second-order valence-electron chi connectivity index (χ2n) is 8.30. The Labute approximate surface area is 154 Å². The lowest BCUT2D eigenvalue weighted by atomic mass is 9.93. The van der Waals surface area contributed by atoms with Crippen LogP contribution in [0.2, 0.25) is 0 Å². The van der Waals surface area contributed by atoms with Crippen LogP contribution in [0.4, 0.5) is 5.69 Å². The maximum absolute atomic E-state index is 13.2. The van der Waals surface area contributed by atoms with Crippen LogP contribution >= 0.6 is 0 Å². The minimum absolute atomic E-state index is 0.0957. The molecule has 1 N–H and O–H groups in total. The number of hydrogen-bond acceptors (Lipinski definition) is 5. The van der Waals surface area contributed by atoms with E-state index in [-0.39, 0.29) is 17.4 Å². The maximum atomic E-state index is 13.2. The van der Waals surface area contributed by atoms with Gasteiger partial charge in [0.2, 0.25) is 5.91 Å². The average Bonchev–Trinajstić information content (AvgIpc) is 3.06. The largest absolute Gasteiger partial charge is 0.379 e. The number of nitrogens with zero attached hydrogens (tertiary/aromatic N) is 3. The minimum atomic E-state index is -0.539. The van der Waals surface area contributed by atoms with Crippen LogP contribution in [0.15, 0.2) is 18.5 Å². The Morgan fingerprint density at radius 1 is 1.31 bits per heavy atom. The van der Waals surface area contributed by atoms with Crippen molar-refractivity contribution in [3.05, 3.63) is 24.0 Å². The summed E-state index contributed by atoms with van der Waals surface area (Å²) in [5, 5.41) is 2.88. The highest BCUT2D eigenvalue weighted by molar-refractivity contribution is 6.04. The Kier molecular flexibility index (Phi) is 5.03. The first kappa shape index (κ1) is 18.8. The van der Waals surface area contributed by atoms with Gasteiger partial charge in [0.1, 0.15) is 0 Å². The van der Waals surface area contributed by atoms with E-state index in [1.54, 1.807) is 12.3 Å². The highest BCUT2D eigenvalue weighted by Gasteiger charge is 2.44. The molecule has 1 atom stereocenters. The lowest BCUT2D eigenvalue weighted by molar-refractivity contribution is -0.123. The van der Waals surface area contributed by atoms with Crippen LogP contribution in [-0.2, 0) is 9.53 Å². The fourth-order valence-corrected chi connectivity index (χ4v) is 3.41. The van der Waals surface area contributed by atoms with Crippen LogP contribution in [0.25, 0.3) is 0 Å². The fraction of sp³-hybridized carbons (Fsp3) is 0.632. The summed E-state index contributed by atoms with van der Waals surface area (Å²) in [4.78, 5) is 33.8. The number of aromatic nitrogens is 1. The molecular formula is C19H28N4O3. The third-order valence-electron chi connectivity index (χ3n) is 5.35. The van der Waals surface area contributed by atoms with Crippen LogP contribution < -0.4 is 5.32 Å². The van der Waals surface area contributed by atoms with Gasteiger partial charge in [0.15, 0.2) is 0 Å². The van der Waals surface area contributed by atoms with Crippen LogP contribution in [0.5, 0.6) is 0 Å². The molecular weight excluding hydrogens is 332 g/mol. The third-order valence-corrected chi connectivity index (χ3v) is 5.35. The molecule has 0 saturated carbocycles. The second-order valence-corrected chi connectivity index (χ2v) is 8.30. The lowest BCUT2D eigenvalue weighted by Gasteiger charge is -2.46. The number of ether oxygens (including phenoxy) is 1. The van der Waals surface area contributed by atoms with E-state index in [0.717, 1.165) is 19.6 Å². The number of carbonyl (C=O) groups is 2. The van der Waals surface area contributed by atoms with Gasteiger partial charge in [0, 0.05) is 44.0 Å². The molecule has 0 bridgehead atoms. The van der Waals surface area contributed by atoms with Gasteiger partial charge in [-0.25, -0.2) is 0 Å². The molecule has 2 aliphatic heterocycles. The molecule has 2 fully saturated rings. The van der Waals surface area contributed by atoms with Gasteiger partial charge >= 0.3 is 0 Å². The van der Waals surface area contributed by atoms with Gasteiger partial charge in [-0.3, -0.25) is 19.5 Å². The number of nitrogens with one attached hydrogen (secondary N) is 1. The number of piperazine rings is 1. The molecule has 0 radical (unpaired) electrons. The van der Waals surface area contributed by atoms with Crippen molar-refractivity contribution < 1.29 is 14.3 Å². The van der Waals surface area contributed by atoms with E-state index >= 15 is 0 Å². The summed E-state index contributed by atoms with van der Waals surface area (Å²) in [5.74, 6) is -0.224. The second kappa shape index (κ2) is 6.96. The molecule has 0 aromatic carbocycles. The van der Waals surface area contributed by atoms with Gasteiger partial charge in [-0.2, -0.15) is 0 Å².